The summed E-state index contributed by atoms with van der Waals surface area (Å²) in [5, 5.41) is 18.4. The van der Waals surface area contributed by atoms with Crippen LogP contribution in [0.2, 0.25) is 0 Å². The maximum Gasteiger partial charge on any atom is 0.332 e. The summed E-state index contributed by atoms with van der Waals surface area (Å²) in [5.74, 6) is -2.38. The van der Waals surface area contributed by atoms with Gasteiger partial charge in [-0.2, -0.15) is 0 Å². The van der Waals surface area contributed by atoms with Gasteiger partial charge >= 0.3 is 11.9 Å². The molecule has 19 heavy (non-hydrogen) atoms. The number of epoxide rings is 1. The summed E-state index contributed by atoms with van der Waals surface area (Å²) >= 11 is 0. The molecule has 1 fully saturated rings. The van der Waals surface area contributed by atoms with Gasteiger partial charge in [-0.15, -0.1) is 0 Å². The highest BCUT2D eigenvalue weighted by molar-refractivity contribution is 5.99. The van der Waals surface area contributed by atoms with E-state index in [1.54, 1.807) is 24.3 Å². The van der Waals surface area contributed by atoms with Crippen molar-refractivity contribution in [3.05, 3.63) is 47.0 Å². The molecule has 1 unspecified atom stereocenters. The van der Waals surface area contributed by atoms with Crippen LogP contribution < -0.4 is 0 Å². The normalized spacial score (nSPS) is 18.6. The lowest BCUT2D eigenvalue weighted by molar-refractivity contribution is -0.136. The third-order valence-corrected chi connectivity index (χ3v) is 2.94. The van der Waals surface area contributed by atoms with Crippen molar-refractivity contribution in [2.75, 3.05) is 6.61 Å². The zero-order chi connectivity index (χ0) is 13.8. The van der Waals surface area contributed by atoms with Crippen LogP contribution in [0.15, 0.2) is 41.5 Å². The van der Waals surface area contributed by atoms with Gasteiger partial charge in [-0.05, 0) is 5.56 Å². The highest BCUT2D eigenvalue weighted by Crippen LogP contribution is 2.23. The predicted octanol–water partition coefficient (Wildman–Crippen LogP) is 1.48. The molecule has 0 amide bonds. The van der Waals surface area contributed by atoms with Crippen LogP contribution in [-0.2, 0) is 20.7 Å². The highest BCUT2D eigenvalue weighted by atomic mass is 16.6. The summed E-state index contributed by atoms with van der Waals surface area (Å²) in [6, 6.07) is 8.95. The maximum atomic E-state index is 11.3. The van der Waals surface area contributed by atoms with Crippen molar-refractivity contribution in [3.63, 3.8) is 0 Å². The minimum Gasteiger partial charge on any atom is -0.478 e. The second kappa shape index (κ2) is 5.67. The third kappa shape index (κ3) is 3.66. The first-order valence-corrected chi connectivity index (χ1v) is 5.92. The van der Waals surface area contributed by atoms with E-state index in [9.17, 15) is 19.8 Å². The molecule has 1 aliphatic heterocycles. The quantitative estimate of drug-likeness (QED) is 0.599. The van der Waals surface area contributed by atoms with Crippen LogP contribution in [0.5, 0.6) is 0 Å². The summed E-state index contributed by atoms with van der Waals surface area (Å²) in [6.45, 7) is 0.495. The largest absolute Gasteiger partial charge is 0.478 e. The smallest absolute Gasteiger partial charge is 0.332 e. The van der Waals surface area contributed by atoms with Crippen LogP contribution >= 0.6 is 0 Å². The van der Waals surface area contributed by atoms with Crippen LogP contribution in [-0.4, -0.2) is 34.9 Å². The molecule has 5 heteroatoms. The van der Waals surface area contributed by atoms with E-state index in [0.29, 0.717) is 6.61 Å². The van der Waals surface area contributed by atoms with Crippen molar-refractivity contribution in [3.8, 4) is 0 Å². The van der Waals surface area contributed by atoms with Gasteiger partial charge in [0.05, 0.1) is 23.9 Å². The number of carbonyl (C=O) groups is 2. The standard InChI is InChI=1S/C14H14O5/c15-13(16)11(6-9-4-2-1-3-5-9)12(14(17)18)7-10-8-19-10/h1-5,10H,6-8H2,(H,15,16)(H,17,18)/b12-11+. The SMILES string of the molecule is O=C(O)/C(Cc1ccccc1)=C(\CC1CO1)C(=O)O. The molecule has 0 aromatic heterocycles. The molecule has 2 rings (SSSR count). The van der Waals surface area contributed by atoms with Crippen molar-refractivity contribution in [2.45, 2.75) is 18.9 Å². The van der Waals surface area contributed by atoms with E-state index in [2.05, 4.69) is 0 Å². The van der Waals surface area contributed by atoms with Gasteiger partial charge in [0, 0.05) is 12.8 Å². The van der Waals surface area contributed by atoms with Gasteiger partial charge in [-0.1, -0.05) is 30.3 Å². The molecule has 0 aliphatic carbocycles. The minimum absolute atomic E-state index is 0.0705. The second-order valence-corrected chi connectivity index (χ2v) is 4.39. The zero-order valence-corrected chi connectivity index (χ0v) is 10.2. The lowest BCUT2D eigenvalue weighted by Crippen LogP contribution is -2.15. The molecule has 1 heterocycles. The fourth-order valence-electron chi connectivity index (χ4n) is 1.86. The first-order valence-electron chi connectivity index (χ1n) is 5.92. The average Bonchev–Trinajstić information content (AvgIpc) is 3.18. The molecule has 1 aliphatic rings. The monoisotopic (exact) mass is 262 g/mol. The van der Waals surface area contributed by atoms with Gasteiger partial charge in [-0.25, -0.2) is 9.59 Å². The number of carboxylic acids is 2. The van der Waals surface area contributed by atoms with Gasteiger partial charge < -0.3 is 14.9 Å². The molecule has 1 saturated heterocycles. The van der Waals surface area contributed by atoms with Gasteiger partial charge in [-0.3, -0.25) is 0 Å². The molecule has 1 aromatic carbocycles. The van der Waals surface area contributed by atoms with Crippen LogP contribution in [0, 0.1) is 0 Å². The zero-order valence-electron chi connectivity index (χ0n) is 10.2. The van der Waals surface area contributed by atoms with E-state index in [4.69, 9.17) is 4.74 Å². The lowest BCUT2D eigenvalue weighted by Gasteiger charge is -2.08. The Morgan fingerprint density at radius 1 is 1.11 bits per heavy atom. The second-order valence-electron chi connectivity index (χ2n) is 4.39. The summed E-state index contributed by atoms with van der Waals surface area (Å²) in [5.41, 5.74) is 0.628. The molecule has 100 valence electrons. The number of carboxylic acid groups (broad SMARTS) is 2. The van der Waals surface area contributed by atoms with E-state index in [0.717, 1.165) is 5.56 Å². The molecule has 0 spiro atoms. The Morgan fingerprint density at radius 3 is 2.16 bits per heavy atom. The Labute approximate surface area is 110 Å². The summed E-state index contributed by atoms with van der Waals surface area (Å²) < 4.78 is 4.98. The number of hydrogen-bond acceptors (Lipinski definition) is 3. The van der Waals surface area contributed by atoms with E-state index in [1.807, 2.05) is 6.07 Å². The summed E-state index contributed by atoms with van der Waals surface area (Å²) in [7, 11) is 0. The molecule has 0 radical (unpaired) electrons. The molecule has 0 bridgehead atoms. The van der Waals surface area contributed by atoms with Crippen molar-refractivity contribution < 1.29 is 24.5 Å². The van der Waals surface area contributed by atoms with Crippen molar-refractivity contribution >= 4 is 11.9 Å². The lowest BCUT2D eigenvalue weighted by atomic mass is 9.97. The minimum atomic E-state index is -1.19. The van der Waals surface area contributed by atoms with Gasteiger partial charge in [0.25, 0.3) is 0 Å². The van der Waals surface area contributed by atoms with Crippen LogP contribution in [0.25, 0.3) is 0 Å². The fraction of sp³-hybridized carbons (Fsp3) is 0.286. The molecule has 1 aromatic rings. The number of rotatable bonds is 6. The predicted molar refractivity (Wildman–Crippen MR) is 66.8 cm³/mol. The van der Waals surface area contributed by atoms with Crippen LogP contribution in [0.4, 0.5) is 0 Å². The van der Waals surface area contributed by atoms with Gasteiger partial charge in [0.15, 0.2) is 0 Å². The van der Waals surface area contributed by atoms with Gasteiger partial charge in [0.1, 0.15) is 0 Å². The van der Waals surface area contributed by atoms with Crippen molar-refractivity contribution in [2.24, 2.45) is 0 Å². The van der Waals surface area contributed by atoms with E-state index < -0.39 is 11.9 Å². The number of ether oxygens (including phenoxy) is 1. The Morgan fingerprint density at radius 2 is 1.68 bits per heavy atom. The maximum absolute atomic E-state index is 11.3. The van der Waals surface area contributed by atoms with Crippen molar-refractivity contribution in [1.29, 1.82) is 0 Å². The Bertz CT molecular complexity index is 514. The molecule has 0 saturated carbocycles. The molecule has 2 N–H and O–H groups in total. The highest BCUT2D eigenvalue weighted by Gasteiger charge is 2.30. The third-order valence-electron chi connectivity index (χ3n) is 2.94. The van der Waals surface area contributed by atoms with E-state index in [-0.39, 0.29) is 30.1 Å². The first kappa shape index (κ1) is 13.3. The number of hydrogen-bond donors (Lipinski definition) is 2. The summed E-state index contributed by atoms with van der Waals surface area (Å²) in [4.78, 5) is 22.5. The van der Waals surface area contributed by atoms with E-state index in [1.165, 1.54) is 0 Å². The number of benzene rings is 1. The first-order chi connectivity index (χ1) is 9.08. The fourth-order valence-corrected chi connectivity index (χ4v) is 1.86. The van der Waals surface area contributed by atoms with Crippen LogP contribution in [0.1, 0.15) is 12.0 Å². The Kier molecular flexibility index (Phi) is 3.97. The molecule has 1 atom stereocenters. The summed E-state index contributed by atoms with van der Waals surface area (Å²) in [6.07, 6.45) is 0.0881. The van der Waals surface area contributed by atoms with Crippen molar-refractivity contribution in [1.82, 2.24) is 0 Å². The van der Waals surface area contributed by atoms with E-state index >= 15 is 0 Å². The van der Waals surface area contributed by atoms with Gasteiger partial charge in [0.2, 0.25) is 0 Å². The molecule has 5 nitrogen and oxygen atoms in total. The van der Waals surface area contributed by atoms with Crippen LogP contribution in [0.3, 0.4) is 0 Å². The Hall–Kier alpha value is -2.14. The Balaban J connectivity index is 2.29. The number of aliphatic carboxylic acids is 2. The average molecular weight is 262 g/mol. The topological polar surface area (TPSA) is 87.1 Å². The molecular weight excluding hydrogens is 248 g/mol. The molecular formula is C14H14O5.